The maximum atomic E-state index is 4.62. The fourth-order valence-electron chi connectivity index (χ4n) is 2.23. The molecule has 0 aliphatic rings. The quantitative estimate of drug-likeness (QED) is 0.748. The first-order valence-corrected chi connectivity index (χ1v) is 6.17. The zero-order valence-corrected chi connectivity index (χ0v) is 10.9. The van der Waals surface area contributed by atoms with Crippen molar-refractivity contribution < 1.29 is 0 Å². The van der Waals surface area contributed by atoms with Gasteiger partial charge in [-0.1, -0.05) is 13.0 Å². The first-order chi connectivity index (χ1) is 8.67. The number of hydrogen-bond donors (Lipinski definition) is 1. The zero-order chi connectivity index (χ0) is 12.7. The molecule has 1 aromatic carbocycles. The molecule has 1 N–H and O–H groups in total. The lowest BCUT2D eigenvalue weighted by molar-refractivity contribution is 0.760. The summed E-state index contributed by atoms with van der Waals surface area (Å²) >= 11 is 0. The van der Waals surface area contributed by atoms with Gasteiger partial charge in [0.2, 0.25) is 0 Å². The molecule has 0 aliphatic heterocycles. The van der Waals surface area contributed by atoms with E-state index in [2.05, 4.69) is 40.2 Å². The first-order valence-electron chi connectivity index (χ1n) is 6.17. The molecule has 0 amide bonds. The molecule has 0 bridgehead atoms. The number of aromatic nitrogens is 4. The number of nitrogens with zero attached hydrogens (tertiary/aromatic N) is 3. The standard InChI is InChI=1S/C14H16N4/c1-4-10-5-6-11-12(8-10)16-14(15-11)13-7-9(2)17-18(13)3/h5-8H,4H2,1-3H3,(H,15,16). The lowest BCUT2D eigenvalue weighted by atomic mass is 10.1. The zero-order valence-electron chi connectivity index (χ0n) is 10.9. The molecule has 2 aromatic heterocycles. The highest BCUT2D eigenvalue weighted by Crippen LogP contribution is 2.21. The van der Waals surface area contributed by atoms with Gasteiger partial charge in [-0.2, -0.15) is 5.10 Å². The van der Waals surface area contributed by atoms with Gasteiger partial charge in [0.05, 0.1) is 16.7 Å². The largest absolute Gasteiger partial charge is 0.337 e. The Balaban J connectivity index is 2.16. The molecular formula is C14H16N4. The SMILES string of the molecule is CCc1ccc2nc(-c3cc(C)nn3C)[nH]c2c1. The summed E-state index contributed by atoms with van der Waals surface area (Å²) in [6.45, 7) is 4.14. The Morgan fingerprint density at radius 1 is 1.28 bits per heavy atom. The number of aryl methyl sites for hydroxylation is 3. The van der Waals surface area contributed by atoms with Gasteiger partial charge >= 0.3 is 0 Å². The number of fused-ring (bicyclic) bond motifs is 1. The third-order valence-electron chi connectivity index (χ3n) is 3.20. The molecule has 92 valence electrons. The lowest BCUT2D eigenvalue weighted by Gasteiger charge is -1.95. The maximum absolute atomic E-state index is 4.62. The average Bonchev–Trinajstić information content (AvgIpc) is 2.90. The van der Waals surface area contributed by atoms with Crippen LogP contribution in [0.15, 0.2) is 24.3 Å². The highest BCUT2D eigenvalue weighted by molar-refractivity contribution is 5.79. The van der Waals surface area contributed by atoms with Crippen molar-refractivity contribution in [3.63, 3.8) is 0 Å². The predicted octanol–water partition coefficient (Wildman–Crippen LogP) is 2.83. The summed E-state index contributed by atoms with van der Waals surface area (Å²) in [7, 11) is 1.94. The van der Waals surface area contributed by atoms with Crippen molar-refractivity contribution in [3.8, 4) is 11.5 Å². The highest BCUT2D eigenvalue weighted by atomic mass is 15.3. The third kappa shape index (κ3) is 1.70. The molecular weight excluding hydrogens is 224 g/mol. The van der Waals surface area contributed by atoms with Gasteiger partial charge < -0.3 is 4.98 Å². The van der Waals surface area contributed by atoms with E-state index >= 15 is 0 Å². The number of nitrogens with one attached hydrogen (secondary N) is 1. The number of hydrogen-bond acceptors (Lipinski definition) is 2. The monoisotopic (exact) mass is 240 g/mol. The Morgan fingerprint density at radius 2 is 2.11 bits per heavy atom. The van der Waals surface area contributed by atoms with Crippen LogP contribution in [0, 0.1) is 6.92 Å². The van der Waals surface area contributed by atoms with Crippen LogP contribution in [0.1, 0.15) is 18.2 Å². The van der Waals surface area contributed by atoms with Crippen molar-refractivity contribution in [1.29, 1.82) is 0 Å². The van der Waals surface area contributed by atoms with E-state index in [4.69, 9.17) is 0 Å². The normalized spacial score (nSPS) is 11.3. The summed E-state index contributed by atoms with van der Waals surface area (Å²) < 4.78 is 1.85. The molecule has 0 unspecified atom stereocenters. The van der Waals surface area contributed by atoms with Crippen LogP contribution in [-0.4, -0.2) is 19.7 Å². The summed E-state index contributed by atoms with van der Waals surface area (Å²) in [6.07, 6.45) is 1.04. The summed E-state index contributed by atoms with van der Waals surface area (Å²) in [5.74, 6) is 0.876. The summed E-state index contributed by atoms with van der Waals surface area (Å²) in [6, 6.07) is 8.40. The maximum Gasteiger partial charge on any atom is 0.156 e. The van der Waals surface area contributed by atoms with Crippen LogP contribution in [0.5, 0.6) is 0 Å². The van der Waals surface area contributed by atoms with Crippen LogP contribution >= 0.6 is 0 Å². The average molecular weight is 240 g/mol. The number of imidazole rings is 1. The van der Waals surface area contributed by atoms with Gasteiger partial charge in [0, 0.05) is 7.05 Å². The smallest absolute Gasteiger partial charge is 0.156 e. The molecule has 0 saturated heterocycles. The summed E-state index contributed by atoms with van der Waals surface area (Å²) in [5.41, 5.74) is 5.42. The molecule has 2 heterocycles. The molecule has 0 saturated carbocycles. The highest BCUT2D eigenvalue weighted by Gasteiger charge is 2.10. The van der Waals surface area contributed by atoms with Crippen molar-refractivity contribution in [3.05, 3.63) is 35.5 Å². The van der Waals surface area contributed by atoms with Crippen molar-refractivity contribution in [2.45, 2.75) is 20.3 Å². The second-order valence-corrected chi connectivity index (χ2v) is 4.59. The van der Waals surface area contributed by atoms with E-state index in [1.54, 1.807) is 0 Å². The van der Waals surface area contributed by atoms with E-state index in [0.717, 1.165) is 34.7 Å². The van der Waals surface area contributed by atoms with Gasteiger partial charge in [0.25, 0.3) is 0 Å². The van der Waals surface area contributed by atoms with Crippen LogP contribution in [0.4, 0.5) is 0 Å². The molecule has 0 radical (unpaired) electrons. The molecule has 3 rings (SSSR count). The third-order valence-corrected chi connectivity index (χ3v) is 3.20. The van der Waals surface area contributed by atoms with Gasteiger partial charge in [0.15, 0.2) is 5.82 Å². The number of H-pyrrole nitrogens is 1. The molecule has 3 aromatic rings. The van der Waals surface area contributed by atoms with Gasteiger partial charge in [0.1, 0.15) is 5.69 Å². The number of benzene rings is 1. The van der Waals surface area contributed by atoms with E-state index in [9.17, 15) is 0 Å². The number of aromatic amines is 1. The molecule has 0 fully saturated rings. The molecule has 0 atom stereocenters. The van der Waals surface area contributed by atoms with Crippen molar-refractivity contribution in [1.82, 2.24) is 19.7 Å². The number of rotatable bonds is 2. The van der Waals surface area contributed by atoms with Crippen LogP contribution in [-0.2, 0) is 13.5 Å². The molecule has 0 spiro atoms. The van der Waals surface area contributed by atoms with Crippen LogP contribution in [0.25, 0.3) is 22.6 Å². The Hall–Kier alpha value is -2.10. The van der Waals surface area contributed by atoms with Crippen LogP contribution in [0.2, 0.25) is 0 Å². The fraction of sp³-hybridized carbons (Fsp3) is 0.286. The fourth-order valence-corrected chi connectivity index (χ4v) is 2.23. The Labute approximate surface area is 106 Å². The van der Waals surface area contributed by atoms with Gasteiger partial charge in [-0.3, -0.25) is 4.68 Å². The minimum atomic E-state index is 0.876. The minimum absolute atomic E-state index is 0.876. The second-order valence-electron chi connectivity index (χ2n) is 4.59. The second kappa shape index (κ2) is 3.98. The van der Waals surface area contributed by atoms with Crippen molar-refractivity contribution in [2.24, 2.45) is 7.05 Å². The van der Waals surface area contributed by atoms with Crippen molar-refractivity contribution >= 4 is 11.0 Å². The van der Waals surface area contributed by atoms with Gasteiger partial charge in [-0.25, -0.2) is 4.98 Å². The van der Waals surface area contributed by atoms with E-state index in [1.807, 2.05) is 24.7 Å². The van der Waals surface area contributed by atoms with Crippen molar-refractivity contribution in [2.75, 3.05) is 0 Å². The molecule has 18 heavy (non-hydrogen) atoms. The topological polar surface area (TPSA) is 46.5 Å². The lowest BCUT2D eigenvalue weighted by Crippen LogP contribution is -1.94. The molecule has 0 aliphatic carbocycles. The van der Waals surface area contributed by atoms with Gasteiger partial charge in [-0.15, -0.1) is 0 Å². The van der Waals surface area contributed by atoms with Crippen LogP contribution < -0.4 is 0 Å². The van der Waals surface area contributed by atoms with E-state index in [0.29, 0.717) is 0 Å². The van der Waals surface area contributed by atoms with Gasteiger partial charge in [-0.05, 0) is 37.1 Å². The Kier molecular flexibility index (Phi) is 2.44. The van der Waals surface area contributed by atoms with E-state index in [1.165, 1.54) is 5.56 Å². The summed E-state index contributed by atoms with van der Waals surface area (Å²) in [5, 5.41) is 4.35. The Bertz CT molecular complexity index is 706. The first kappa shape index (κ1) is 11.0. The summed E-state index contributed by atoms with van der Waals surface area (Å²) in [4.78, 5) is 7.98. The molecule has 4 nitrogen and oxygen atoms in total. The van der Waals surface area contributed by atoms with Crippen LogP contribution in [0.3, 0.4) is 0 Å². The van der Waals surface area contributed by atoms with E-state index in [-0.39, 0.29) is 0 Å². The Morgan fingerprint density at radius 3 is 2.78 bits per heavy atom. The minimum Gasteiger partial charge on any atom is -0.337 e. The van der Waals surface area contributed by atoms with E-state index < -0.39 is 0 Å². The predicted molar refractivity (Wildman–Crippen MR) is 72.4 cm³/mol. The molecule has 4 heteroatoms.